The van der Waals surface area contributed by atoms with E-state index in [9.17, 15) is 4.79 Å². The molecule has 3 nitrogen and oxygen atoms in total. The highest BCUT2D eigenvalue weighted by Crippen LogP contribution is 2.36. The second kappa shape index (κ2) is 6.27. The predicted octanol–water partition coefficient (Wildman–Crippen LogP) is 3.25. The van der Waals surface area contributed by atoms with Crippen molar-refractivity contribution >= 4 is 41.1 Å². The van der Waals surface area contributed by atoms with Gasteiger partial charge in [-0.3, -0.25) is 0 Å². The van der Waals surface area contributed by atoms with Crippen molar-refractivity contribution in [3.8, 4) is 5.75 Å². The van der Waals surface area contributed by atoms with Gasteiger partial charge in [0.05, 0.1) is 9.92 Å². The molecule has 0 radical (unpaired) electrons. The molecule has 88 valence electrons. The maximum absolute atomic E-state index is 10.4. The predicted molar refractivity (Wildman–Crippen MR) is 68.1 cm³/mol. The van der Waals surface area contributed by atoms with Gasteiger partial charge in [-0.15, -0.1) is 23.5 Å². The van der Waals surface area contributed by atoms with E-state index < -0.39 is 5.97 Å². The highest BCUT2D eigenvalue weighted by molar-refractivity contribution is 7.99. The molecule has 0 saturated heterocycles. The molecule has 0 aliphatic heterocycles. The molecule has 0 spiro atoms. The summed E-state index contributed by atoms with van der Waals surface area (Å²) in [5.74, 6) is -0.434. The number of halogens is 1. The third kappa shape index (κ3) is 3.50. The molecule has 0 aliphatic rings. The smallest absolute Gasteiger partial charge is 0.341 e. The first-order valence-corrected chi connectivity index (χ1v) is 7.17. The molecule has 0 heterocycles. The van der Waals surface area contributed by atoms with Crippen LogP contribution in [0.15, 0.2) is 21.9 Å². The average molecular weight is 279 g/mol. The number of rotatable bonds is 5. The molecule has 16 heavy (non-hydrogen) atoms. The Morgan fingerprint density at radius 2 is 2.00 bits per heavy atom. The largest absolute Gasteiger partial charge is 0.481 e. The number of benzene rings is 1. The lowest BCUT2D eigenvalue weighted by atomic mass is 10.3. The van der Waals surface area contributed by atoms with Crippen molar-refractivity contribution in [2.24, 2.45) is 0 Å². The summed E-state index contributed by atoms with van der Waals surface area (Å²) >= 11 is 9.00. The number of carboxylic acids is 1. The first-order valence-electron chi connectivity index (χ1n) is 4.34. The first kappa shape index (κ1) is 13.5. The fourth-order valence-corrected chi connectivity index (χ4v) is 2.58. The molecule has 0 atom stereocenters. The van der Waals surface area contributed by atoms with Gasteiger partial charge in [-0.25, -0.2) is 4.79 Å². The van der Waals surface area contributed by atoms with Crippen molar-refractivity contribution in [3.63, 3.8) is 0 Å². The molecule has 0 bridgehead atoms. The van der Waals surface area contributed by atoms with E-state index in [1.54, 1.807) is 12.1 Å². The van der Waals surface area contributed by atoms with Crippen LogP contribution in [-0.2, 0) is 4.79 Å². The van der Waals surface area contributed by atoms with Gasteiger partial charge in [0.15, 0.2) is 6.61 Å². The normalized spacial score (nSPS) is 10.2. The summed E-state index contributed by atoms with van der Waals surface area (Å²) in [7, 11) is 0. The molecule has 0 fully saturated rings. The minimum absolute atomic E-state index is 0.344. The van der Waals surface area contributed by atoms with Crippen molar-refractivity contribution in [2.75, 3.05) is 19.1 Å². The van der Waals surface area contributed by atoms with Gasteiger partial charge in [-0.05, 0) is 24.6 Å². The molecule has 1 N–H and O–H groups in total. The van der Waals surface area contributed by atoms with Crippen LogP contribution in [0.2, 0.25) is 5.02 Å². The Morgan fingerprint density at radius 1 is 1.38 bits per heavy atom. The van der Waals surface area contributed by atoms with Crippen LogP contribution in [0.3, 0.4) is 0 Å². The Hall–Kier alpha value is -0.520. The van der Waals surface area contributed by atoms with E-state index in [0.717, 1.165) is 9.79 Å². The summed E-state index contributed by atoms with van der Waals surface area (Å²) in [6, 6.07) is 3.55. The maximum Gasteiger partial charge on any atom is 0.341 e. The van der Waals surface area contributed by atoms with E-state index in [1.807, 2.05) is 12.5 Å². The minimum atomic E-state index is -0.993. The maximum atomic E-state index is 10.4. The van der Waals surface area contributed by atoms with Gasteiger partial charge in [-0.1, -0.05) is 11.6 Å². The highest BCUT2D eigenvalue weighted by Gasteiger charge is 2.10. The Kier molecular flexibility index (Phi) is 5.31. The summed E-state index contributed by atoms with van der Waals surface area (Å²) in [4.78, 5) is 12.1. The Morgan fingerprint density at radius 3 is 2.50 bits per heavy atom. The average Bonchev–Trinajstić information content (AvgIpc) is 2.26. The van der Waals surface area contributed by atoms with Gasteiger partial charge in [0.1, 0.15) is 5.75 Å². The Labute approximate surface area is 108 Å². The van der Waals surface area contributed by atoms with Crippen LogP contribution in [0, 0.1) is 0 Å². The van der Waals surface area contributed by atoms with E-state index in [4.69, 9.17) is 21.4 Å². The first-order chi connectivity index (χ1) is 7.58. The number of carboxylic acid groups (broad SMARTS) is 1. The van der Waals surface area contributed by atoms with Crippen LogP contribution in [0.1, 0.15) is 0 Å². The molecule has 0 aliphatic carbocycles. The molecule has 1 rings (SSSR count). The van der Waals surface area contributed by atoms with Crippen molar-refractivity contribution < 1.29 is 14.6 Å². The summed E-state index contributed by atoms with van der Waals surface area (Å²) in [6.45, 7) is -0.344. The monoisotopic (exact) mass is 278 g/mol. The van der Waals surface area contributed by atoms with Crippen LogP contribution in [0.5, 0.6) is 5.75 Å². The van der Waals surface area contributed by atoms with Gasteiger partial charge in [0, 0.05) is 4.90 Å². The molecule has 1 aromatic carbocycles. The zero-order valence-corrected chi connectivity index (χ0v) is 11.2. The van der Waals surface area contributed by atoms with Gasteiger partial charge >= 0.3 is 5.97 Å². The number of carbonyl (C=O) groups is 1. The molecule has 0 saturated carbocycles. The van der Waals surface area contributed by atoms with Crippen molar-refractivity contribution in [1.82, 2.24) is 0 Å². The summed E-state index contributed by atoms with van der Waals surface area (Å²) in [5, 5.41) is 9.21. The van der Waals surface area contributed by atoms with Crippen molar-refractivity contribution in [2.45, 2.75) is 9.79 Å². The molecular weight excluding hydrogens is 268 g/mol. The van der Waals surface area contributed by atoms with Gasteiger partial charge in [0.25, 0.3) is 0 Å². The molecule has 0 unspecified atom stereocenters. The van der Waals surface area contributed by atoms with E-state index in [2.05, 4.69) is 0 Å². The summed E-state index contributed by atoms with van der Waals surface area (Å²) in [5.41, 5.74) is 0. The third-order valence-corrected chi connectivity index (χ3v) is 3.75. The quantitative estimate of drug-likeness (QED) is 0.838. The van der Waals surface area contributed by atoms with Crippen LogP contribution >= 0.6 is 35.1 Å². The lowest BCUT2D eigenvalue weighted by Gasteiger charge is -2.11. The standard InChI is InChI=1S/C10H11ClO3S2/c1-15-8-4-7(14-5-10(12)13)9(16-2)3-6(8)11/h3-4H,5H2,1-2H3,(H,12,13). The Balaban J connectivity index is 2.99. The number of thioether (sulfide) groups is 2. The van der Waals surface area contributed by atoms with Crippen molar-refractivity contribution in [3.05, 3.63) is 17.2 Å². The topological polar surface area (TPSA) is 46.5 Å². The zero-order valence-electron chi connectivity index (χ0n) is 8.82. The lowest BCUT2D eigenvalue weighted by molar-refractivity contribution is -0.139. The second-order valence-corrected chi connectivity index (χ2v) is 4.92. The molecule has 6 heteroatoms. The number of hydrogen-bond donors (Lipinski definition) is 1. The number of hydrogen-bond acceptors (Lipinski definition) is 4. The summed E-state index contributed by atoms with van der Waals surface area (Å²) in [6.07, 6.45) is 3.79. The van der Waals surface area contributed by atoms with Crippen molar-refractivity contribution in [1.29, 1.82) is 0 Å². The van der Waals surface area contributed by atoms with Crippen LogP contribution in [-0.4, -0.2) is 30.2 Å². The van der Waals surface area contributed by atoms with Crippen LogP contribution < -0.4 is 4.74 Å². The molecular formula is C10H11ClO3S2. The van der Waals surface area contributed by atoms with E-state index in [-0.39, 0.29) is 6.61 Å². The zero-order chi connectivity index (χ0) is 12.1. The Bertz CT molecular complexity index is 396. The van der Waals surface area contributed by atoms with Crippen LogP contribution in [0.4, 0.5) is 0 Å². The fourth-order valence-electron chi connectivity index (χ4n) is 1.08. The SMILES string of the molecule is CSc1cc(OCC(=O)O)c(SC)cc1Cl. The third-order valence-electron chi connectivity index (χ3n) is 1.79. The second-order valence-electron chi connectivity index (χ2n) is 2.82. The van der Waals surface area contributed by atoms with E-state index in [0.29, 0.717) is 10.8 Å². The highest BCUT2D eigenvalue weighted by atomic mass is 35.5. The van der Waals surface area contributed by atoms with Gasteiger partial charge in [0.2, 0.25) is 0 Å². The van der Waals surface area contributed by atoms with Gasteiger partial charge in [-0.2, -0.15) is 0 Å². The fraction of sp³-hybridized carbons (Fsp3) is 0.300. The summed E-state index contributed by atoms with van der Waals surface area (Å²) < 4.78 is 5.19. The lowest BCUT2D eigenvalue weighted by Crippen LogP contribution is -2.09. The number of aliphatic carboxylic acids is 1. The van der Waals surface area contributed by atoms with E-state index in [1.165, 1.54) is 23.5 Å². The minimum Gasteiger partial charge on any atom is -0.481 e. The number of ether oxygens (including phenoxy) is 1. The molecule has 0 aromatic heterocycles. The molecule has 1 aromatic rings. The van der Waals surface area contributed by atoms with Gasteiger partial charge < -0.3 is 9.84 Å². The van der Waals surface area contributed by atoms with E-state index >= 15 is 0 Å². The molecule has 0 amide bonds. The van der Waals surface area contributed by atoms with Crippen LogP contribution in [0.25, 0.3) is 0 Å².